The second-order valence-electron chi connectivity index (χ2n) is 6.45. The van der Waals surface area contributed by atoms with E-state index in [4.69, 9.17) is 14.5 Å². The largest absolute Gasteiger partial charge is 0.497 e. The van der Waals surface area contributed by atoms with Crippen LogP contribution in [-0.2, 0) is 14.3 Å². The monoisotopic (exact) mass is 390 g/mol. The van der Waals surface area contributed by atoms with Crippen LogP contribution in [0.1, 0.15) is 13.8 Å². The Kier molecular flexibility index (Phi) is 6.24. The number of anilines is 1. The molecule has 2 aromatic carbocycles. The Hall–Kier alpha value is -3.67. The summed E-state index contributed by atoms with van der Waals surface area (Å²) in [6.07, 6.45) is -0.852. The second kappa shape index (κ2) is 9.01. The Bertz CT molecular complexity index is 998. The fourth-order valence-electron chi connectivity index (χ4n) is 2.79. The van der Waals surface area contributed by atoms with E-state index in [-0.39, 0.29) is 5.91 Å². The molecule has 0 saturated heterocycles. The molecule has 1 atom stereocenters. The summed E-state index contributed by atoms with van der Waals surface area (Å²) >= 11 is 0. The zero-order valence-electron chi connectivity index (χ0n) is 16.5. The van der Waals surface area contributed by atoms with Crippen LogP contribution in [0, 0.1) is 0 Å². The van der Waals surface area contributed by atoms with Gasteiger partial charge in [-0.05, 0) is 55.5 Å². The average molecular weight is 390 g/mol. The maximum Gasteiger partial charge on any atom is 0.303 e. The van der Waals surface area contributed by atoms with E-state index in [1.54, 1.807) is 19.2 Å². The zero-order valence-corrected chi connectivity index (χ0v) is 16.5. The van der Waals surface area contributed by atoms with Gasteiger partial charge in [0.2, 0.25) is 0 Å². The van der Waals surface area contributed by atoms with Gasteiger partial charge in [0.05, 0.1) is 18.5 Å². The molecule has 0 aliphatic heterocycles. The molecule has 0 saturated carbocycles. The van der Waals surface area contributed by atoms with E-state index in [1.807, 2.05) is 54.6 Å². The molecule has 3 aromatic rings. The Balaban J connectivity index is 1.74. The first kappa shape index (κ1) is 20.1. The molecule has 29 heavy (non-hydrogen) atoms. The molecular weight excluding hydrogens is 368 g/mol. The van der Waals surface area contributed by atoms with Gasteiger partial charge in [-0.1, -0.05) is 18.2 Å². The van der Waals surface area contributed by atoms with E-state index in [9.17, 15) is 9.59 Å². The van der Waals surface area contributed by atoms with Gasteiger partial charge in [-0.25, -0.2) is 4.98 Å². The lowest BCUT2D eigenvalue weighted by atomic mass is 10.1. The predicted molar refractivity (Wildman–Crippen MR) is 112 cm³/mol. The van der Waals surface area contributed by atoms with Crippen LogP contribution in [0.5, 0.6) is 5.75 Å². The molecule has 0 aliphatic carbocycles. The van der Waals surface area contributed by atoms with Crippen molar-refractivity contribution in [2.24, 2.45) is 0 Å². The number of aromatic nitrogens is 1. The van der Waals surface area contributed by atoms with E-state index >= 15 is 0 Å². The fraction of sp³-hybridized carbons (Fsp3) is 0.174. The van der Waals surface area contributed by atoms with Gasteiger partial charge in [0.25, 0.3) is 5.91 Å². The average Bonchev–Trinajstić information content (AvgIpc) is 2.74. The van der Waals surface area contributed by atoms with Crippen LogP contribution in [0.3, 0.4) is 0 Å². The third-order valence-electron chi connectivity index (χ3n) is 4.30. The van der Waals surface area contributed by atoms with Crippen LogP contribution in [0.4, 0.5) is 5.69 Å². The minimum absolute atomic E-state index is 0.382. The molecule has 0 fully saturated rings. The van der Waals surface area contributed by atoms with Gasteiger partial charge in [0.15, 0.2) is 6.10 Å². The molecule has 1 aromatic heterocycles. The summed E-state index contributed by atoms with van der Waals surface area (Å²) in [6.45, 7) is 2.80. The molecule has 0 aliphatic rings. The first-order chi connectivity index (χ1) is 14.0. The molecule has 0 bridgehead atoms. The Labute approximate surface area is 169 Å². The maximum absolute atomic E-state index is 12.0. The Morgan fingerprint density at radius 3 is 1.97 bits per heavy atom. The van der Waals surface area contributed by atoms with E-state index in [0.717, 1.165) is 28.3 Å². The van der Waals surface area contributed by atoms with Crippen molar-refractivity contribution in [3.63, 3.8) is 0 Å². The van der Waals surface area contributed by atoms with Crippen LogP contribution >= 0.6 is 0 Å². The molecule has 0 spiro atoms. The number of benzene rings is 2. The van der Waals surface area contributed by atoms with Gasteiger partial charge in [-0.15, -0.1) is 0 Å². The molecule has 6 heteroatoms. The third kappa shape index (κ3) is 5.19. The zero-order chi connectivity index (χ0) is 20.8. The lowest BCUT2D eigenvalue weighted by molar-refractivity contribution is -0.150. The molecule has 0 unspecified atom stereocenters. The van der Waals surface area contributed by atoms with Crippen molar-refractivity contribution < 1.29 is 19.1 Å². The molecule has 3 rings (SSSR count). The lowest BCUT2D eigenvalue weighted by Gasteiger charge is -2.12. The highest BCUT2D eigenvalue weighted by Crippen LogP contribution is 2.25. The standard InChI is InChI=1S/C23H22N2O4/c1-15(29-16(2)26)23(27)24-19-11-7-17(8-12-19)21-5-4-6-22(25-21)18-9-13-20(28-3)14-10-18/h4-15H,1-3H3,(H,24,27)/t15-/m0/s1. The second-order valence-corrected chi connectivity index (χ2v) is 6.45. The van der Waals surface area contributed by atoms with Crippen molar-refractivity contribution in [3.05, 3.63) is 66.7 Å². The fourth-order valence-corrected chi connectivity index (χ4v) is 2.79. The smallest absolute Gasteiger partial charge is 0.303 e. The molecule has 6 nitrogen and oxygen atoms in total. The SMILES string of the molecule is COc1ccc(-c2cccc(-c3ccc(NC(=O)[C@H](C)OC(C)=O)cc3)n2)cc1. The number of carbonyl (C=O) groups is 2. The summed E-state index contributed by atoms with van der Waals surface area (Å²) in [4.78, 5) is 27.7. The highest BCUT2D eigenvalue weighted by Gasteiger charge is 2.15. The number of carbonyl (C=O) groups excluding carboxylic acids is 2. The summed E-state index contributed by atoms with van der Waals surface area (Å²) in [5, 5.41) is 2.73. The van der Waals surface area contributed by atoms with Crippen molar-refractivity contribution in [2.75, 3.05) is 12.4 Å². The summed E-state index contributed by atoms with van der Waals surface area (Å²) in [6, 6.07) is 20.9. The predicted octanol–water partition coefficient (Wildman–Crippen LogP) is 4.31. The number of nitrogens with zero attached hydrogens (tertiary/aromatic N) is 1. The number of rotatable bonds is 6. The summed E-state index contributed by atoms with van der Waals surface area (Å²) in [5.74, 6) is -0.0797. The third-order valence-corrected chi connectivity index (χ3v) is 4.30. The van der Waals surface area contributed by atoms with Crippen LogP contribution < -0.4 is 10.1 Å². The van der Waals surface area contributed by atoms with Crippen molar-refractivity contribution in [2.45, 2.75) is 20.0 Å². The topological polar surface area (TPSA) is 77.5 Å². The number of nitrogens with one attached hydrogen (secondary N) is 1. The Morgan fingerprint density at radius 1 is 0.897 bits per heavy atom. The summed E-state index contributed by atoms with van der Waals surface area (Å²) in [5.41, 5.74) is 4.22. The van der Waals surface area contributed by atoms with Gasteiger partial charge >= 0.3 is 5.97 Å². The van der Waals surface area contributed by atoms with Gasteiger partial charge in [-0.2, -0.15) is 0 Å². The van der Waals surface area contributed by atoms with Gasteiger partial charge in [0, 0.05) is 23.7 Å². The molecule has 1 N–H and O–H groups in total. The number of hydrogen-bond donors (Lipinski definition) is 1. The van der Waals surface area contributed by atoms with Crippen molar-refractivity contribution in [1.29, 1.82) is 0 Å². The van der Waals surface area contributed by atoms with Crippen LogP contribution in [-0.4, -0.2) is 30.1 Å². The number of methoxy groups -OCH3 is 1. The summed E-state index contributed by atoms with van der Waals surface area (Å²) in [7, 11) is 1.64. The molecule has 1 amide bonds. The van der Waals surface area contributed by atoms with Gasteiger partial charge in [-0.3, -0.25) is 9.59 Å². The van der Waals surface area contributed by atoms with E-state index < -0.39 is 12.1 Å². The lowest BCUT2D eigenvalue weighted by Crippen LogP contribution is -2.29. The molecule has 148 valence electrons. The highest BCUT2D eigenvalue weighted by molar-refractivity contribution is 5.95. The number of hydrogen-bond acceptors (Lipinski definition) is 5. The highest BCUT2D eigenvalue weighted by atomic mass is 16.5. The van der Waals surface area contributed by atoms with Crippen molar-refractivity contribution in [3.8, 4) is 28.3 Å². The molecule has 1 heterocycles. The number of pyridine rings is 1. The number of esters is 1. The summed E-state index contributed by atoms with van der Waals surface area (Å²) < 4.78 is 10.1. The van der Waals surface area contributed by atoms with Gasteiger partial charge in [0.1, 0.15) is 5.75 Å². The van der Waals surface area contributed by atoms with Gasteiger partial charge < -0.3 is 14.8 Å². The van der Waals surface area contributed by atoms with E-state index in [1.165, 1.54) is 13.8 Å². The van der Waals surface area contributed by atoms with Crippen LogP contribution in [0.2, 0.25) is 0 Å². The first-order valence-corrected chi connectivity index (χ1v) is 9.16. The van der Waals surface area contributed by atoms with Crippen molar-refractivity contribution >= 4 is 17.6 Å². The quantitative estimate of drug-likeness (QED) is 0.635. The maximum atomic E-state index is 12.0. The van der Waals surface area contributed by atoms with E-state index in [0.29, 0.717) is 5.69 Å². The molecule has 0 radical (unpaired) electrons. The van der Waals surface area contributed by atoms with E-state index in [2.05, 4.69) is 5.32 Å². The number of ether oxygens (including phenoxy) is 2. The minimum atomic E-state index is -0.852. The normalized spacial score (nSPS) is 11.4. The first-order valence-electron chi connectivity index (χ1n) is 9.16. The minimum Gasteiger partial charge on any atom is -0.497 e. The molecular formula is C23H22N2O4. The Morgan fingerprint density at radius 2 is 1.45 bits per heavy atom. The van der Waals surface area contributed by atoms with Crippen LogP contribution in [0.15, 0.2) is 66.7 Å². The van der Waals surface area contributed by atoms with Crippen LogP contribution in [0.25, 0.3) is 22.5 Å². The number of amides is 1. The van der Waals surface area contributed by atoms with Crippen molar-refractivity contribution in [1.82, 2.24) is 4.98 Å².